The summed E-state index contributed by atoms with van der Waals surface area (Å²) < 4.78 is 5.67. The average Bonchev–Trinajstić information content (AvgIpc) is 3.23. The Labute approximate surface area is 182 Å². The van der Waals surface area contributed by atoms with Crippen molar-refractivity contribution in [1.82, 2.24) is 9.97 Å². The molecule has 0 radical (unpaired) electrons. The van der Waals surface area contributed by atoms with Crippen LogP contribution in [0.2, 0.25) is 0 Å². The number of hydrogen-bond donors (Lipinski definition) is 2. The van der Waals surface area contributed by atoms with Crippen molar-refractivity contribution in [2.75, 3.05) is 11.9 Å². The van der Waals surface area contributed by atoms with E-state index in [1.54, 1.807) is 0 Å². The number of carbonyl (C=O) groups is 1. The first kappa shape index (κ1) is 20.7. The van der Waals surface area contributed by atoms with Crippen LogP contribution >= 0.6 is 0 Å². The molecule has 4 rings (SSSR count). The minimum Gasteiger partial charge on any atom is -0.484 e. The van der Waals surface area contributed by atoms with Crippen LogP contribution in [0.5, 0.6) is 5.75 Å². The molecule has 1 amide bonds. The van der Waals surface area contributed by atoms with Crippen molar-refractivity contribution in [2.45, 2.75) is 33.1 Å². The molecule has 0 saturated carbocycles. The van der Waals surface area contributed by atoms with Crippen molar-refractivity contribution in [2.24, 2.45) is 0 Å². The van der Waals surface area contributed by atoms with E-state index in [1.165, 1.54) is 5.56 Å². The average molecular weight is 414 g/mol. The number of aromatic amines is 1. The molecule has 0 aliphatic carbocycles. The molecule has 2 N–H and O–H groups in total. The summed E-state index contributed by atoms with van der Waals surface area (Å²) in [5.74, 6) is 1.78. The smallest absolute Gasteiger partial charge is 0.262 e. The SMILES string of the molecule is CC[C@H](C)c1ccc(OCC(=O)Nc2cc(-c3nc4ccccc4[nH]3)ccc2C)cc1. The maximum Gasteiger partial charge on any atom is 0.262 e. The summed E-state index contributed by atoms with van der Waals surface area (Å²) in [6, 6.07) is 21.8. The first-order valence-corrected chi connectivity index (χ1v) is 10.6. The van der Waals surface area contributed by atoms with Crippen LogP contribution in [0.1, 0.15) is 37.3 Å². The van der Waals surface area contributed by atoms with Gasteiger partial charge in [-0.2, -0.15) is 0 Å². The van der Waals surface area contributed by atoms with Gasteiger partial charge in [0.05, 0.1) is 11.0 Å². The minimum atomic E-state index is -0.198. The number of H-pyrrole nitrogens is 1. The molecule has 4 aromatic rings. The summed E-state index contributed by atoms with van der Waals surface area (Å²) in [5, 5.41) is 2.96. The van der Waals surface area contributed by atoms with E-state index >= 15 is 0 Å². The Morgan fingerprint density at radius 2 is 1.87 bits per heavy atom. The van der Waals surface area contributed by atoms with E-state index in [-0.39, 0.29) is 12.5 Å². The second kappa shape index (κ2) is 9.04. The van der Waals surface area contributed by atoms with Crippen LogP contribution in [0.4, 0.5) is 5.69 Å². The number of nitrogens with one attached hydrogen (secondary N) is 2. The largest absolute Gasteiger partial charge is 0.484 e. The molecular formula is C26H27N3O2. The normalized spacial score (nSPS) is 12.0. The third-order valence-corrected chi connectivity index (χ3v) is 5.61. The number of para-hydroxylation sites is 2. The number of imidazole rings is 1. The number of aryl methyl sites for hydroxylation is 1. The molecule has 0 spiro atoms. The molecule has 3 aromatic carbocycles. The highest BCUT2D eigenvalue weighted by Gasteiger charge is 2.11. The predicted molar refractivity (Wildman–Crippen MR) is 126 cm³/mol. The number of carbonyl (C=O) groups excluding carboxylic acids is 1. The molecule has 0 aliphatic rings. The molecule has 5 heteroatoms. The molecular weight excluding hydrogens is 386 g/mol. The van der Waals surface area contributed by atoms with Gasteiger partial charge in [0.2, 0.25) is 0 Å². The van der Waals surface area contributed by atoms with Crippen LogP contribution in [0.3, 0.4) is 0 Å². The molecule has 0 fully saturated rings. The van der Waals surface area contributed by atoms with Gasteiger partial charge in [-0.25, -0.2) is 4.98 Å². The minimum absolute atomic E-state index is 0.0447. The van der Waals surface area contributed by atoms with Gasteiger partial charge in [-0.3, -0.25) is 4.79 Å². The number of amides is 1. The number of nitrogens with zero attached hydrogens (tertiary/aromatic N) is 1. The fourth-order valence-electron chi connectivity index (χ4n) is 3.46. The Bertz CT molecular complexity index is 1160. The lowest BCUT2D eigenvalue weighted by Gasteiger charge is -2.12. The van der Waals surface area contributed by atoms with E-state index in [0.717, 1.165) is 40.1 Å². The molecule has 0 bridgehead atoms. The summed E-state index contributed by atoms with van der Waals surface area (Å²) in [6.07, 6.45) is 1.09. The summed E-state index contributed by atoms with van der Waals surface area (Å²) in [6.45, 7) is 6.29. The number of benzene rings is 3. The Morgan fingerprint density at radius 3 is 2.61 bits per heavy atom. The van der Waals surface area contributed by atoms with Gasteiger partial charge in [-0.05, 0) is 60.7 Å². The first-order chi connectivity index (χ1) is 15.0. The van der Waals surface area contributed by atoms with Crippen LogP contribution in [-0.2, 0) is 4.79 Å². The van der Waals surface area contributed by atoms with Crippen LogP contribution in [0, 0.1) is 6.92 Å². The summed E-state index contributed by atoms with van der Waals surface area (Å²) in [7, 11) is 0. The lowest BCUT2D eigenvalue weighted by atomic mass is 9.99. The van der Waals surface area contributed by atoms with E-state index < -0.39 is 0 Å². The Hall–Kier alpha value is -3.60. The standard InChI is InChI=1S/C26H27N3O2/c1-4-17(2)19-11-13-21(14-12-19)31-16-25(30)27-24-15-20(10-9-18(24)3)26-28-22-7-5-6-8-23(22)29-26/h5-15,17H,4,16H2,1-3H3,(H,27,30)(H,28,29)/t17-/m0/s1. The fourth-order valence-corrected chi connectivity index (χ4v) is 3.46. The molecule has 5 nitrogen and oxygen atoms in total. The zero-order valence-corrected chi connectivity index (χ0v) is 18.1. The Morgan fingerprint density at radius 1 is 1.10 bits per heavy atom. The van der Waals surface area contributed by atoms with Crippen molar-refractivity contribution in [3.8, 4) is 17.1 Å². The monoisotopic (exact) mass is 413 g/mol. The van der Waals surface area contributed by atoms with Gasteiger partial charge in [0.1, 0.15) is 11.6 Å². The lowest BCUT2D eigenvalue weighted by molar-refractivity contribution is -0.118. The first-order valence-electron chi connectivity index (χ1n) is 10.6. The van der Waals surface area contributed by atoms with Crippen molar-refractivity contribution in [3.63, 3.8) is 0 Å². The molecule has 1 heterocycles. The predicted octanol–water partition coefficient (Wildman–Crippen LogP) is 6.07. The number of ether oxygens (including phenoxy) is 1. The second-order valence-corrected chi connectivity index (χ2v) is 7.85. The third kappa shape index (κ3) is 4.77. The zero-order chi connectivity index (χ0) is 21.8. The van der Waals surface area contributed by atoms with Gasteiger partial charge >= 0.3 is 0 Å². The number of anilines is 1. The van der Waals surface area contributed by atoms with Gasteiger partial charge < -0.3 is 15.0 Å². The fraction of sp³-hybridized carbons (Fsp3) is 0.231. The summed E-state index contributed by atoms with van der Waals surface area (Å²) >= 11 is 0. The van der Waals surface area contributed by atoms with Crippen molar-refractivity contribution in [3.05, 3.63) is 77.9 Å². The van der Waals surface area contributed by atoms with E-state index in [9.17, 15) is 4.79 Å². The topological polar surface area (TPSA) is 67.0 Å². The molecule has 31 heavy (non-hydrogen) atoms. The highest BCUT2D eigenvalue weighted by Crippen LogP contribution is 2.26. The van der Waals surface area contributed by atoms with Crippen molar-refractivity contribution >= 4 is 22.6 Å². The maximum atomic E-state index is 12.5. The lowest BCUT2D eigenvalue weighted by Crippen LogP contribution is -2.20. The molecule has 1 aromatic heterocycles. The van der Waals surface area contributed by atoms with Gasteiger partial charge in [0.25, 0.3) is 5.91 Å². The van der Waals surface area contributed by atoms with Gasteiger partial charge in [0, 0.05) is 11.3 Å². The van der Waals surface area contributed by atoms with Crippen LogP contribution in [0.25, 0.3) is 22.4 Å². The number of rotatable bonds is 7. The van der Waals surface area contributed by atoms with Crippen molar-refractivity contribution < 1.29 is 9.53 Å². The molecule has 1 atom stereocenters. The second-order valence-electron chi connectivity index (χ2n) is 7.85. The van der Waals surface area contributed by atoms with Crippen LogP contribution in [-0.4, -0.2) is 22.5 Å². The quantitative estimate of drug-likeness (QED) is 0.386. The number of fused-ring (bicyclic) bond motifs is 1. The van der Waals surface area contributed by atoms with Crippen LogP contribution in [0.15, 0.2) is 66.7 Å². The summed E-state index contributed by atoms with van der Waals surface area (Å²) in [4.78, 5) is 20.5. The van der Waals surface area contributed by atoms with Crippen molar-refractivity contribution in [1.29, 1.82) is 0 Å². The van der Waals surface area contributed by atoms with E-state index in [1.807, 2.05) is 61.5 Å². The van der Waals surface area contributed by atoms with E-state index in [2.05, 4.69) is 41.3 Å². The summed E-state index contributed by atoms with van der Waals surface area (Å²) in [5.41, 5.74) is 5.81. The van der Waals surface area contributed by atoms with E-state index in [4.69, 9.17) is 4.74 Å². The number of aromatic nitrogens is 2. The van der Waals surface area contributed by atoms with Gasteiger partial charge in [0.15, 0.2) is 6.61 Å². The van der Waals surface area contributed by atoms with Crippen LogP contribution < -0.4 is 10.1 Å². The maximum absolute atomic E-state index is 12.5. The number of hydrogen-bond acceptors (Lipinski definition) is 3. The van der Waals surface area contributed by atoms with E-state index in [0.29, 0.717) is 11.7 Å². The molecule has 0 unspecified atom stereocenters. The van der Waals surface area contributed by atoms with Gasteiger partial charge in [-0.15, -0.1) is 0 Å². The Kier molecular flexibility index (Phi) is 6.03. The Balaban J connectivity index is 1.42. The molecule has 0 aliphatic heterocycles. The van der Waals surface area contributed by atoms with Gasteiger partial charge in [-0.1, -0.05) is 50.2 Å². The third-order valence-electron chi connectivity index (χ3n) is 5.61. The zero-order valence-electron chi connectivity index (χ0n) is 18.1. The molecule has 0 saturated heterocycles. The highest BCUT2D eigenvalue weighted by atomic mass is 16.5. The molecule has 158 valence electrons. The highest BCUT2D eigenvalue weighted by molar-refractivity contribution is 5.93.